The van der Waals surface area contributed by atoms with Crippen LogP contribution >= 0.6 is 0 Å². The first-order valence-electron chi connectivity index (χ1n) is 6.74. The van der Waals surface area contributed by atoms with Crippen molar-refractivity contribution in [3.63, 3.8) is 0 Å². The van der Waals surface area contributed by atoms with Gasteiger partial charge in [0.25, 0.3) is 0 Å². The molecule has 0 aliphatic rings. The Morgan fingerprint density at radius 1 is 1.05 bits per heavy atom. The quantitative estimate of drug-likeness (QED) is 0.802. The molecule has 2 N–H and O–H groups in total. The van der Waals surface area contributed by atoms with E-state index in [1.807, 2.05) is 24.3 Å². The second kappa shape index (κ2) is 5.60. The summed E-state index contributed by atoms with van der Waals surface area (Å²) in [7, 11) is 1.60. The van der Waals surface area contributed by atoms with Gasteiger partial charge >= 0.3 is 0 Å². The number of halogens is 2. The van der Waals surface area contributed by atoms with Crippen molar-refractivity contribution < 1.29 is 13.5 Å². The molecule has 0 atom stereocenters. The molecule has 1 heterocycles. The van der Waals surface area contributed by atoms with Crippen LogP contribution in [-0.2, 0) is 6.42 Å². The van der Waals surface area contributed by atoms with E-state index in [-0.39, 0.29) is 0 Å². The summed E-state index contributed by atoms with van der Waals surface area (Å²) in [6.07, 6.45) is 0.498. The maximum Gasteiger partial charge on any atom is 0.161 e. The number of hydrogen-bond donors (Lipinski definition) is 1. The maximum absolute atomic E-state index is 13.4. The van der Waals surface area contributed by atoms with Gasteiger partial charge in [0.1, 0.15) is 11.6 Å². The van der Waals surface area contributed by atoms with Crippen LogP contribution in [0, 0.1) is 11.6 Å². The third-order valence-corrected chi connectivity index (χ3v) is 3.54. The average molecular weight is 300 g/mol. The van der Waals surface area contributed by atoms with E-state index >= 15 is 0 Å². The van der Waals surface area contributed by atoms with Gasteiger partial charge in [0.15, 0.2) is 11.6 Å². The van der Waals surface area contributed by atoms with Crippen molar-refractivity contribution in [2.24, 2.45) is 0 Å². The number of ether oxygens (including phenoxy) is 1. The highest BCUT2D eigenvalue weighted by atomic mass is 19.2. The van der Waals surface area contributed by atoms with E-state index in [0.29, 0.717) is 23.1 Å². The van der Waals surface area contributed by atoms with Gasteiger partial charge in [0.05, 0.1) is 12.6 Å². The van der Waals surface area contributed by atoms with Gasteiger partial charge in [-0.05, 0) is 29.3 Å². The fourth-order valence-electron chi connectivity index (χ4n) is 2.42. The van der Waals surface area contributed by atoms with E-state index in [9.17, 15) is 8.78 Å². The fraction of sp³-hybridized carbons (Fsp3) is 0.118. The Hall–Kier alpha value is -2.69. The lowest BCUT2D eigenvalue weighted by atomic mass is 10.0. The standard InChI is InChI=1S/C17H14F2N2O/c1-22-16-5-3-2-4-10(16)6-12-7-11-8-13(18)14(19)9-15(11)21-17(12)20/h2-5,7-9H,6H2,1H3,(H2,20,21). The van der Waals surface area contributed by atoms with Crippen molar-refractivity contribution in [1.29, 1.82) is 0 Å². The molecule has 0 bridgehead atoms. The number of benzene rings is 2. The average Bonchev–Trinajstić information content (AvgIpc) is 2.51. The van der Waals surface area contributed by atoms with Gasteiger partial charge in [-0.3, -0.25) is 0 Å². The van der Waals surface area contributed by atoms with Crippen LogP contribution in [0.4, 0.5) is 14.6 Å². The SMILES string of the molecule is COc1ccccc1Cc1cc2cc(F)c(F)cc2nc1N. The zero-order valence-corrected chi connectivity index (χ0v) is 11.9. The fourth-order valence-corrected chi connectivity index (χ4v) is 2.42. The summed E-state index contributed by atoms with van der Waals surface area (Å²) in [6, 6.07) is 11.5. The number of pyridine rings is 1. The zero-order valence-electron chi connectivity index (χ0n) is 11.9. The molecule has 0 amide bonds. The van der Waals surface area contributed by atoms with Crippen LogP contribution in [0.5, 0.6) is 5.75 Å². The Balaban J connectivity index is 2.07. The van der Waals surface area contributed by atoms with E-state index in [0.717, 1.165) is 29.0 Å². The lowest BCUT2D eigenvalue weighted by Gasteiger charge is -2.11. The summed E-state index contributed by atoms with van der Waals surface area (Å²) in [5.74, 6) is -0.795. The van der Waals surface area contributed by atoms with E-state index in [1.165, 1.54) is 0 Å². The molecule has 0 aliphatic carbocycles. The summed E-state index contributed by atoms with van der Waals surface area (Å²) in [4.78, 5) is 4.16. The highest BCUT2D eigenvalue weighted by molar-refractivity contribution is 5.81. The predicted molar refractivity (Wildman–Crippen MR) is 81.9 cm³/mol. The van der Waals surface area contributed by atoms with Crippen molar-refractivity contribution in [2.75, 3.05) is 12.8 Å². The first-order chi connectivity index (χ1) is 10.6. The molecular weight excluding hydrogens is 286 g/mol. The van der Waals surface area contributed by atoms with Gasteiger partial charge in [0, 0.05) is 17.9 Å². The Morgan fingerprint density at radius 2 is 1.77 bits per heavy atom. The number of fused-ring (bicyclic) bond motifs is 1. The molecule has 22 heavy (non-hydrogen) atoms. The smallest absolute Gasteiger partial charge is 0.161 e. The summed E-state index contributed by atoms with van der Waals surface area (Å²) in [5, 5.41) is 0.512. The molecule has 0 saturated carbocycles. The predicted octanol–water partition coefficient (Wildman–Crippen LogP) is 3.69. The molecule has 0 unspecified atom stereocenters. The summed E-state index contributed by atoms with van der Waals surface area (Å²) >= 11 is 0. The van der Waals surface area contributed by atoms with Crippen molar-refractivity contribution >= 4 is 16.7 Å². The maximum atomic E-state index is 13.4. The number of nitrogens with two attached hydrogens (primary N) is 1. The van der Waals surface area contributed by atoms with Gasteiger partial charge in [0.2, 0.25) is 0 Å². The van der Waals surface area contributed by atoms with Crippen LogP contribution in [0.2, 0.25) is 0 Å². The van der Waals surface area contributed by atoms with Crippen molar-refractivity contribution in [1.82, 2.24) is 4.98 Å². The first-order valence-corrected chi connectivity index (χ1v) is 6.74. The van der Waals surface area contributed by atoms with Crippen LogP contribution < -0.4 is 10.5 Å². The highest BCUT2D eigenvalue weighted by Crippen LogP contribution is 2.26. The summed E-state index contributed by atoms with van der Waals surface area (Å²) in [5.41, 5.74) is 7.96. The van der Waals surface area contributed by atoms with E-state index in [2.05, 4.69) is 4.98 Å². The van der Waals surface area contributed by atoms with Gasteiger partial charge < -0.3 is 10.5 Å². The minimum atomic E-state index is -0.933. The first kappa shape index (κ1) is 14.3. The van der Waals surface area contributed by atoms with E-state index in [4.69, 9.17) is 10.5 Å². The molecule has 0 radical (unpaired) electrons. The number of methoxy groups -OCH3 is 1. The Morgan fingerprint density at radius 3 is 2.55 bits per heavy atom. The summed E-state index contributed by atoms with van der Waals surface area (Å²) in [6.45, 7) is 0. The van der Waals surface area contributed by atoms with Crippen LogP contribution in [-0.4, -0.2) is 12.1 Å². The number of para-hydroxylation sites is 1. The molecule has 3 rings (SSSR count). The molecule has 5 heteroatoms. The topological polar surface area (TPSA) is 48.1 Å². The number of nitrogens with zero attached hydrogens (tertiary/aromatic N) is 1. The van der Waals surface area contributed by atoms with Crippen LogP contribution in [0.25, 0.3) is 10.9 Å². The van der Waals surface area contributed by atoms with Gasteiger partial charge in [-0.1, -0.05) is 18.2 Å². The third-order valence-electron chi connectivity index (χ3n) is 3.54. The third kappa shape index (κ3) is 2.57. The number of nitrogen functional groups attached to an aromatic ring is 1. The lowest BCUT2D eigenvalue weighted by molar-refractivity contribution is 0.410. The molecule has 2 aromatic carbocycles. The molecular formula is C17H14F2N2O. The second-order valence-corrected chi connectivity index (χ2v) is 4.98. The lowest BCUT2D eigenvalue weighted by Crippen LogP contribution is -2.01. The van der Waals surface area contributed by atoms with Crippen LogP contribution in [0.1, 0.15) is 11.1 Å². The Bertz CT molecular complexity index is 849. The Kier molecular flexibility index (Phi) is 3.63. The molecule has 0 saturated heterocycles. The second-order valence-electron chi connectivity index (χ2n) is 4.98. The van der Waals surface area contributed by atoms with Crippen molar-refractivity contribution in [2.45, 2.75) is 6.42 Å². The number of hydrogen-bond acceptors (Lipinski definition) is 3. The van der Waals surface area contributed by atoms with E-state index < -0.39 is 11.6 Å². The normalized spacial score (nSPS) is 10.9. The zero-order chi connectivity index (χ0) is 15.7. The molecule has 1 aromatic heterocycles. The number of rotatable bonds is 3. The summed E-state index contributed by atoms with van der Waals surface area (Å²) < 4.78 is 31.9. The minimum absolute atomic E-state index is 0.296. The molecule has 0 spiro atoms. The molecule has 3 aromatic rings. The van der Waals surface area contributed by atoms with Crippen molar-refractivity contribution in [3.8, 4) is 5.75 Å². The minimum Gasteiger partial charge on any atom is -0.496 e. The van der Waals surface area contributed by atoms with Gasteiger partial charge in [-0.15, -0.1) is 0 Å². The molecule has 112 valence electrons. The number of aromatic nitrogens is 1. The van der Waals surface area contributed by atoms with Crippen molar-refractivity contribution in [3.05, 3.63) is 65.2 Å². The highest BCUT2D eigenvalue weighted by Gasteiger charge is 2.11. The molecule has 3 nitrogen and oxygen atoms in total. The van der Waals surface area contributed by atoms with Gasteiger partial charge in [-0.25, -0.2) is 13.8 Å². The van der Waals surface area contributed by atoms with Crippen LogP contribution in [0.3, 0.4) is 0 Å². The largest absolute Gasteiger partial charge is 0.496 e. The van der Waals surface area contributed by atoms with Crippen LogP contribution in [0.15, 0.2) is 42.5 Å². The molecule has 0 aliphatic heterocycles. The Labute approximate surface area is 126 Å². The monoisotopic (exact) mass is 300 g/mol. The number of anilines is 1. The molecule has 0 fully saturated rings. The van der Waals surface area contributed by atoms with Gasteiger partial charge in [-0.2, -0.15) is 0 Å². The van der Waals surface area contributed by atoms with E-state index in [1.54, 1.807) is 13.2 Å².